The van der Waals surface area contributed by atoms with Crippen LogP contribution in [0.2, 0.25) is 0 Å². The molecule has 0 radical (unpaired) electrons. The van der Waals surface area contributed by atoms with E-state index in [4.69, 9.17) is 4.74 Å². The fourth-order valence-electron chi connectivity index (χ4n) is 4.54. The summed E-state index contributed by atoms with van der Waals surface area (Å²) in [6.45, 7) is 1.16. The Hall–Kier alpha value is -3.42. The summed E-state index contributed by atoms with van der Waals surface area (Å²) in [6.07, 6.45) is 2.53. The largest absolute Gasteiger partial charge is 0.467 e. The van der Waals surface area contributed by atoms with Crippen molar-refractivity contribution in [3.05, 3.63) is 48.0 Å². The van der Waals surface area contributed by atoms with Crippen molar-refractivity contribution < 1.29 is 23.9 Å². The van der Waals surface area contributed by atoms with Gasteiger partial charge in [-0.2, -0.15) is 0 Å². The van der Waals surface area contributed by atoms with Gasteiger partial charge in [-0.25, -0.2) is 9.59 Å². The molecule has 0 aromatic heterocycles. The van der Waals surface area contributed by atoms with Gasteiger partial charge < -0.3 is 15.4 Å². The highest BCUT2D eigenvalue weighted by atomic mass is 16.5. The van der Waals surface area contributed by atoms with E-state index in [-0.39, 0.29) is 0 Å². The van der Waals surface area contributed by atoms with Crippen LogP contribution in [0.15, 0.2) is 42.5 Å². The van der Waals surface area contributed by atoms with Crippen LogP contribution in [0.5, 0.6) is 0 Å². The van der Waals surface area contributed by atoms with Gasteiger partial charge in [0.1, 0.15) is 17.6 Å². The van der Waals surface area contributed by atoms with Crippen molar-refractivity contribution in [1.29, 1.82) is 0 Å². The van der Waals surface area contributed by atoms with Gasteiger partial charge in [-0.15, -0.1) is 0 Å². The summed E-state index contributed by atoms with van der Waals surface area (Å²) >= 11 is 0. The number of benzene rings is 2. The van der Waals surface area contributed by atoms with Crippen LogP contribution in [0.4, 0.5) is 4.79 Å². The smallest absolute Gasteiger partial charge is 0.331 e. The number of imide groups is 1. The molecule has 8 heteroatoms. The number of nitrogens with zero attached hydrogens (tertiary/aromatic N) is 1. The number of carbonyl (C=O) groups is 4. The first-order valence-corrected chi connectivity index (χ1v) is 10.3. The summed E-state index contributed by atoms with van der Waals surface area (Å²) in [6, 6.07) is 12.6. The third-order valence-electron chi connectivity index (χ3n) is 6.32. The van der Waals surface area contributed by atoms with Crippen LogP contribution in [0.25, 0.3) is 10.8 Å². The molecule has 0 bridgehead atoms. The first-order valence-electron chi connectivity index (χ1n) is 10.3. The van der Waals surface area contributed by atoms with Crippen molar-refractivity contribution in [2.45, 2.75) is 43.7 Å². The molecule has 4 amide bonds. The average molecular weight is 423 g/mol. The lowest BCUT2D eigenvalue weighted by Crippen LogP contribution is -2.55. The quantitative estimate of drug-likeness (QED) is 0.567. The number of nitrogens with one attached hydrogen (secondary N) is 2. The van der Waals surface area contributed by atoms with Gasteiger partial charge in [0.2, 0.25) is 5.91 Å². The van der Waals surface area contributed by atoms with Crippen LogP contribution < -0.4 is 10.6 Å². The van der Waals surface area contributed by atoms with Gasteiger partial charge in [-0.3, -0.25) is 14.5 Å². The second-order valence-corrected chi connectivity index (χ2v) is 8.34. The van der Waals surface area contributed by atoms with Crippen molar-refractivity contribution in [2.75, 3.05) is 13.7 Å². The Kier molecular flexibility index (Phi) is 5.16. The van der Waals surface area contributed by atoms with E-state index < -0.39 is 41.4 Å². The molecule has 1 heterocycles. The van der Waals surface area contributed by atoms with E-state index in [1.54, 1.807) is 13.0 Å². The van der Waals surface area contributed by atoms with E-state index in [9.17, 15) is 19.2 Å². The molecule has 2 aromatic rings. The third-order valence-corrected chi connectivity index (χ3v) is 6.32. The number of urea groups is 1. The van der Waals surface area contributed by atoms with Crippen molar-refractivity contribution in [3.63, 3.8) is 0 Å². The molecule has 1 saturated carbocycles. The highest BCUT2D eigenvalue weighted by molar-refractivity contribution is 6.09. The van der Waals surface area contributed by atoms with Crippen molar-refractivity contribution in [1.82, 2.24) is 15.5 Å². The predicted octanol–water partition coefficient (Wildman–Crippen LogP) is 2.21. The zero-order chi connectivity index (χ0) is 22.2. The van der Waals surface area contributed by atoms with Crippen LogP contribution in [-0.2, 0) is 24.7 Å². The molecule has 1 aliphatic heterocycles. The van der Waals surface area contributed by atoms with Gasteiger partial charge in [-0.1, -0.05) is 49.2 Å². The molecule has 0 spiro atoms. The maximum Gasteiger partial charge on any atom is 0.331 e. The summed E-state index contributed by atoms with van der Waals surface area (Å²) < 4.78 is 4.86. The highest BCUT2D eigenvalue weighted by Gasteiger charge is 2.50. The maximum atomic E-state index is 13.2. The van der Waals surface area contributed by atoms with Gasteiger partial charge in [-0.05, 0) is 42.2 Å². The fourth-order valence-corrected chi connectivity index (χ4v) is 4.54. The Balaban J connectivity index is 1.53. The van der Waals surface area contributed by atoms with Crippen LogP contribution >= 0.6 is 0 Å². The van der Waals surface area contributed by atoms with Crippen molar-refractivity contribution in [2.24, 2.45) is 0 Å². The average Bonchev–Trinajstić information content (AvgIpc) is 3.32. The zero-order valence-corrected chi connectivity index (χ0v) is 17.6. The van der Waals surface area contributed by atoms with E-state index >= 15 is 0 Å². The highest BCUT2D eigenvalue weighted by Crippen LogP contribution is 2.32. The van der Waals surface area contributed by atoms with E-state index in [2.05, 4.69) is 10.6 Å². The molecule has 162 valence electrons. The Labute approximate surface area is 179 Å². The number of methoxy groups -OCH3 is 1. The molecule has 31 heavy (non-hydrogen) atoms. The van der Waals surface area contributed by atoms with Gasteiger partial charge in [0, 0.05) is 0 Å². The predicted molar refractivity (Wildman–Crippen MR) is 113 cm³/mol. The Morgan fingerprint density at radius 1 is 1.10 bits per heavy atom. The van der Waals surface area contributed by atoms with Crippen molar-refractivity contribution >= 4 is 34.6 Å². The minimum Gasteiger partial charge on any atom is -0.467 e. The second-order valence-electron chi connectivity index (χ2n) is 8.34. The van der Waals surface area contributed by atoms with Gasteiger partial charge >= 0.3 is 12.0 Å². The van der Waals surface area contributed by atoms with Crippen LogP contribution in [-0.4, -0.2) is 47.9 Å². The Morgan fingerprint density at radius 3 is 2.45 bits per heavy atom. The van der Waals surface area contributed by atoms with Gasteiger partial charge in [0.25, 0.3) is 5.91 Å². The normalized spacial score (nSPS) is 22.5. The summed E-state index contributed by atoms with van der Waals surface area (Å²) in [4.78, 5) is 51.6. The lowest BCUT2D eigenvalue weighted by atomic mass is 9.90. The van der Waals surface area contributed by atoms with Crippen LogP contribution in [0.3, 0.4) is 0 Å². The molecule has 4 rings (SSSR count). The topological polar surface area (TPSA) is 105 Å². The Morgan fingerprint density at radius 2 is 1.77 bits per heavy atom. The summed E-state index contributed by atoms with van der Waals surface area (Å²) in [7, 11) is 1.28. The molecule has 2 aromatic carbocycles. The first-order chi connectivity index (χ1) is 14.8. The molecule has 1 atom stereocenters. The van der Waals surface area contributed by atoms with Crippen molar-refractivity contribution in [3.8, 4) is 0 Å². The standard InChI is InChI=1S/C23H25N3O5/c1-22(17-10-9-15-7-3-4-8-16(15)13-17)19(28)26(21(30)25-22)14-18(27)24-23(20(29)31-2)11-5-6-12-23/h3-4,7-10,13H,5-6,11-12,14H2,1-2H3,(H,24,27)(H,25,30). The Bertz CT molecular complexity index is 1080. The number of carbonyl (C=O) groups excluding carboxylic acids is 4. The zero-order valence-electron chi connectivity index (χ0n) is 17.6. The number of rotatable bonds is 5. The van der Waals surface area contributed by atoms with Crippen LogP contribution in [0.1, 0.15) is 38.2 Å². The minimum atomic E-state index is -1.28. The number of esters is 1. The first kappa shape index (κ1) is 20.8. The summed E-state index contributed by atoms with van der Waals surface area (Å²) in [5.41, 5.74) is -1.74. The maximum absolute atomic E-state index is 13.2. The summed E-state index contributed by atoms with van der Waals surface area (Å²) in [5, 5.41) is 7.40. The number of amides is 4. The molecule has 1 saturated heterocycles. The van der Waals surface area contributed by atoms with Crippen LogP contribution in [0, 0.1) is 0 Å². The second kappa shape index (κ2) is 7.68. The van der Waals surface area contributed by atoms with E-state index in [0.717, 1.165) is 28.5 Å². The molecule has 2 fully saturated rings. The number of fused-ring (bicyclic) bond motifs is 1. The fraction of sp³-hybridized carbons (Fsp3) is 0.391. The van der Waals surface area contributed by atoms with Gasteiger partial charge in [0.15, 0.2) is 0 Å². The number of hydrogen-bond donors (Lipinski definition) is 2. The van der Waals surface area contributed by atoms with Gasteiger partial charge in [0.05, 0.1) is 7.11 Å². The monoisotopic (exact) mass is 423 g/mol. The van der Waals surface area contributed by atoms with E-state index in [1.807, 2.05) is 36.4 Å². The molecule has 2 aliphatic rings. The molecular weight excluding hydrogens is 398 g/mol. The van der Waals surface area contributed by atoms with E-state index in [1.165, 1.54) is 7.11 Å². The molecule has 2 N–H and O–H groups in total. The molecule has 1 unspecified atom stereocenters. The lowest BCUT2D eigenvalue weighted by Gasteiger charge is -2.28. The number of hydrogen-bond acceptors (Lipinski definition) is 5. The number of ether oxygens (including phenoxy) is 1. The minimum absolute atomic E-state index is 0.466. The molecular formula is C23H25N3O5. The third kappa shape index (κ3) is 3.52. The SMILES string of the molecule is COC(=O)C1(NC(=O)CN2C(=O)NC(C)(c3ccc4ccccc4c3)C2=O)CCCC1. The molecule has 1 aliphatic carbocycles. The van der Waals surface area contributed by atoms with E-state index in [0.29, 0.717) is 18.4 Å². The molecule has 8 nitrogen and oxygen atoms in total. The summed E-state index contributed by atoms with van der Waals surface area (Å²) in [5.74, 6) is -1.59. The lowest BCUT2D eigenvalue weighted by molar-refractivity contribution is -0.151.